The van der Waals surface area contributed by atoms with Crippen LogP contribution in [0.3, 0.4) is 0 Å². The van der Waals surface area contributed by atoms with E-state index in [1.807, 2.05) is 0 Å². The average molecular weight is 178 g/mol. The van der Waals surface area contributed by atoms with Crippen LogP contribution in [0.5, 0.6) is 0 Å². The predicted molar refractivity (Wildman–Crippen MR) is 55.5 cm³/mol. The van der Waals surface area contributed by atoms with Gasteiger partial charge >= 0.3 is 0 Å². The molecule has 0 N–H and O–H groups in total. The topological polar surface area (TPSA) is 0 Å². The molecule has 3 aliphatic carbocycles. The number of hydrogen-bond acceptors (Lipinski definition) is 0. The second-order valence-electron chi connectivity index (χ2n) is 5.82. The molecule has 0 radical (unpaired) electrons. The molecule has 4 bridgehead atoms. The van der Waals surface area contributed by atoms with Crippen LogP contribution in [0.4, 0.5) is 0 Å². The van der Waals surface area contributed by atoms with Crippen LogP contribution < -0.4 is 0 Å². The van der Waals surface area contributed by atoms with E-state index < -0.39 is 0 Å². The minimum absolute atomic E-state index is 1.13. The van der Waals surface area contributed by atoms with Gasteiger partial charge in [0, 0.05) is 0 Å². The summed E-state index contributed by atoms with van der Waals surface area (Å²) in [5.41, 5.74) is 0. The first kappa shape index (κ1) is 8.32. The zero-order valence-corrected chi connectivity index (χ0v) is 8.67. The molecule has 0 heteroatoms. The second-order valence-corrected chi connectivity index (χ2v) is 5.82. The van der Waals surface area contributed by atoms with Crippen molar-refractivity contribution in [2.45, 2.75) is 57.8 Å². The lowest BCUT2D eigenvalue weighted by molar-refractivity contribution is 0.290. The van der Waals surface area contributed by atoms with Gasteiger partial charge in [0.1, 0.15) is 0 Å². The Kier molecular flexibility index (Phi) is 2.11. The van der Waals surface area contributed by atoms with Gasteiger partial charge in [0.25, 0.3) is 0 Å². The molecule has 0 amide bonds. The summed E-state index contributed by atoms with van der Waals surface area (Å²) in [6, 6.07) is 0. The molecule has 0 aliphatic heterocycles. The molecule has 3 fully saturated rings. The van der Waals surface area contributed by atoms with E-state index in [2.05, 4.69) is 0 Å². The Morgan fingerprint density at radius 2 is 1.15 bits per heavy atom. The maximum absolute atomic E-state index is 1.61. The van der Waals surface area contributed by atoms with Gasteiger partial charge in [-0.05, 0) is 42.9 Å². The molecule has 3 rings (SSSR count). The Hall–Kier alpha value is 0. The Morgan fingerprint density at radius 1 is 0.538 bits per heavy atom. The van der Waals surface area contributed by atoms with Gasteiger partial charge in [0.05, 0.1) is 0 Å². The van der Waals surface area contributed by atoms with Gasteiger partial charge in [-0.2, -0.15) is 0 Å². The van der Waals surface area contributed by atoms with Crippen molar-refractivity contribution in [2.75, 3.05) is 0 Å². The molecule has 0 spiro atoms. The van der Waals surface area contributed by atoms with Gasteiger partial charge < -0.3 is 0 Å². The first-order valence-electron chi connectivity index (χ1n) is 6.42. The molecule has 13 heavy (non-hydrogen) atoms. The maximum Gasteiger partial charge on any atom is -0.0383 e. The van der Waals surface area contributed by atoms with E-state index in [4.69, 9.17) is 0 Å². The fraction of sp³-hybridized carbons (Fsp3) is 1.00. The van der Waals surface area contributed by atoms with Crippen LogP contribution in [0.15, 0.2) is 0 Å². The van der Waals surface area contributed by atoms with E-state index >= 15 is 0 Å². The smallest absolute Gasteiger partial charge is 0.0383 e. The Labute approximate surface area is 82.1 Å². The van der Waals surface area contributed by atoms with Crippen LogP contribution in [0.2, 0.25) is 0 Å². The average Bonchev–Trinajstić information content (AvgIpc) is 2.43. The monoisotopic (exact) mass is 178 g/mol. The van der Waals surface area contributed by atoms with Gasteiger partial charge in [-0.15, -0.1) is 0 Å². The van der Waals surface area contributed by atoms with Crippen molar-refractivity contribution in [3.05, 3.63) is 0 Å². The lowest BCUT2D eigenvalue weighted by Gasteiger charge is -2.23. The zero-order chi connectivity index (χ0) is 8.67. The van der Waals surface area contributed by atoms with Gasteiger partial charge in [0.2, 0.25) is 0 Å². The van der Waals surface area contributed by atoms with Gasteiger partial charge in [-0.3, -0.25) is 0 Å². The minimum atomic E-state index is 1.13. The molecule has 2 unspecified atom stereocenters. The number of fused-ring (bicyclic) bond motifs is 4. The van der Waals surface area contributed by atoms with E-state index in [1.165, 1.54) is 0 Å². The van der Waals surface area contributed by atoms with Gasteiger partial charge in [0.15, 0.2) is 0 Å². The summed E-state index contributed by atoms with van der Waals surface area (Å²) in [4.78, 5) is 0. The van der Waals surface area contributed by atoms with Crippen molar-refractivity contribution in [3.63, 3.8) is 0 Å². The molecule has 74 valence electrons. The van der Waals surface area contributed by atoms with E-state index in [9.17, 15) is 0 Å². The van der Waals surface area contributed by atoms with Crippen molar-refractivity contribution in [2.24, 2.45) is 23.7 Å². The maximum atomic E-state index is 1.61. The fourth-order valence-electron chi connectivity index (χ4n) is 4.43. The van der Waals surface area contributed by atoms with Gasteiger partial charge in [-0.1, -0.05) is 38.5 Å². The van der Waals surface area contributed by atoms with Crippen molar-refractivity contribution in [1.29, 1.82) is 0 Å². The first-order valence-corrected chi connectivity index (χ1v) is 6.42. The van der Waals surface area contributed by atoms with E-state index in [0.29, 0.717) is 0 Å². The highest BCUT2D eigenvalue weighted by Crippen LogP contribution is 2.49. The third-order valence-electron chi connectivity index (χ3n) is 4.98. The summed E-state index contributed by atoms with van der Waals surface area (Å²) in [6.45, 7) is 0. The SMILES string of the molecule is C1CC2CCCC3CC(C2)CC3C1. The van der Waals surface area contributed by atoms with Crippen LogP contribution in [0.1, 0.15) is 57.8 Å². The van der Waals surface area contributed by atoms with Crippen LogP contribution in [0, 0.1) is 23.7 Å². The highest BCUT2D eigenvalue weighted by molar-refractivity contribution is 4.88. The quantitative estimate of drug-likeness (QED) is 0.526. The van der Waals surface area contributed by atoms with Crippen LogP contribution in [-0.4, -0.2) is 0 Å². The highest BCUT2D eigenvalue weighted by Gasteiger charge is 2.37. The zero-order valence-electron chi connectivity index (χ0n) is 8.67. The summed E-state index contributed by atoms with van der Waals surface area (Å²) in [7, 11) is 0. The first-order chi connectivity index (χ1) is 6.42. The lowest BCUT2D eigenvalue weighted by Crippen LogP contribution is -2.10. The third kappa shape index (κ3) is 1.53. The third-order valence-corrected chi connectivity index (χ3v) is 4.98. The van der Waals surface area contributed by atoms with Crippen LogP contribution in [-0.2, 0) is 0 Å². The Morgan fingerprint density at radius 3 is 1.77 bits per heavy atom. The molecule has 0 nitrogen and oxygen atoms in total. The Bertz CT molecular complexity index is 166. The predicted octanol–water partition coefficient (Wildman–Crippen LogP) is 4.00. The van der Waals surface area contributed by atoms with Crippen LogP contribution >= 0.6 is 0 Å². The highest BCUT2D eigenvalue weighted by atomic mass is 14.4. The largest absolute Gasteiger partial charge is 0.0528 e. The fourth-order valence-corrected chi connectivity index (χ4v) is 4.43. The summed E-state index contributed by atoms with van der Waals surface area (Å²) in [5.74, 6) is 4.60. The molecule has 0 aromatic heterocycles. The standard InChI is InChI=1S/C13H22/c1-3-10-4-2-6-13-9-11(7-10)8-12(13)5-1/h10-13H,1-9H2. The van der Waals surface area contributed by atoms with Crippen LogP contribution in [0.25, 0.3) is 0 Å². The molecular formula is C13H22. The van der Waals surface area contributed by atoms with Crippen molar-refractivity contribution >= 4 is 0 Å². The van der Waals surface area contributed by atoms with Crippen molar-refractivity contribution in [3.8, 4) is 0 Å². The summed E-state index contributed by atoms with van der Waals surface area (Å²) >= 11 is 0. The molecule has 3 saturated carbocycles. The number of hydrogen-bond donors (Lipinski definition) is 0. The Balaban J connectivity index is 1.84. The molecule has 3 aliphatic rings. The normalized spacial score (nSPS) is 49.8. The van der Waals surface area contributed by atoms with E-state index in [-0.39, 0.29) is 0 Å². The summed E-state index contributed by atoms with van der Waals surface area (Å²) in [5, 5.41) is 0. The summed E-state index contributed by atoms with van der Waals surface area (Å²) in [6.07, 6.45) is 14.2. The minimum Gasteiger partial charge on any atom is -0.0528 e. The van der Waals surface area contributed by atoms with E-state index in [0.717, 1.165) is 23.7 Å². The lowest BCUT2D eigenvalue weighted by atomic mass is 9.83. The molecule has 0 saturated heterocycles. The van der Waals surface area contributed by atoms with Gasteiger partial charge in [-0.25, -0.2) is 0 Å². The molecule has 0 heterocycles. The molecule has 0 aromatic rings. The van der Waals surface area contributed by atoms with E-state index in [1.54, 1.807) is 57.8 Å². The molecule has 0 aromatic carbocycles. The molecule has 2 atom stereocenters. The van der Waals surface area contributed by atoms with Crippen molar-refractivity contribution < 1.29 is 0 Å². The second kappa shape index (κ2) is 3.29. The number of rotatable bonds is 0. The summed E-state index contributed by atoms with van der Waals surface area (Å²) < 4.78 is 0. The van der Waals surface area contributed by atoms with Crippen molar-refractivity contribution in [1.82, 2.24) is 0 Å². The molecular weight excluding hydrogens is 156 g/mol.